The number of ketones is 1. The zero-order valence-electron chi connectivity index (χ0n) is 11.2. The summed E-state index contributed by atoms with van der Waals surface area (Å²) in [6.45, 7) is 10.1. The fourth-order valence-electron chi connectivity index (χ4n) is 1.65. The van der Waals surface area contributed by atoms with Gasteiger partial charge in [-0.2, -0.15) is 5.10 Å². The van der Waals surface area contributed by atoms with Gasteiger partial charge in [-0.15, -0.1) is 0 Å². The van der Waals surface area contributed by atoms with Crippen molar-refractivity contribution in [1.29, 1.82) is 0 Å². The monoisotopic (exact) mass is 300 g/mol. The van der Waals surface area contributed by atoms with E-state index in [1.165, 1.54) is 0 Å². The predicted molar refractivity (Wildman–Crippen MR) is 73.1 cm³/mol. The summed E-state index contributed by atoms with van der Waals surface area (Å²) in [6.07, 6.45) is 3.12. The van der Waals surface area contributed by atoms with Crippen LogP contribution in [0.15, 0.2) is 10.7 Å². The SMILES string of the molecule is CC(C)n1ncc(Br)c1CCC(=O)C(C)(C)C. The molecule has 0 unspecified atom stereocenters. The molecule has 0 atom stereocenters. The van der Waals surface area contributed by atoms with Crippen LogP contribution in [-0.2, 0) is 11.2 Å². The highest BCUT2D eigenvalue weighted by atomic mass is 79.9. The van der Waals surface area contributed by atoms with Crippen molar-refractivity contribution >= 4 is 21.7 Å². The minimum Gasteiger partial charge on any atom is -0.299 e. The molecule has 0 radical (unpaired) electrons. The molecular formula is C13H21BrN2O. The van der Waals surface area contributed by atoms with Crippen molar-refractivity contribution in [2.24, 2.45) is 5.41 Å². The van der Waals surface area contributed by atoms with Gasteiger partial charge in [0, 0.05) is 17.9 Å². The first-order valence-electron chi connectivity index (χ1n) is 5.98. The average molecular weight is 301 g/mol. The second kappa shape index (κ2) is 5.34. The van der Waals surface area contributed by atoms with Crippen LogP contribution in [-0.4, -0.2) is 15.6 Å². The van der Waals surface area contributed by atoms with E-state index in [-0.39, 0.29) is 5.41 Å². The second-order valence-electron chi connectivity index (χ2n) is 5.65. The molecule has 1 heterocycles. The van der Waals surface area contributed by atoms with Gasteiger partial charge < -0.3 is 0 Å². The lowest BCUT2D eigenvalue weighted by atomic mass is 9.88. The van der Waals surface area contributed by atoms with Crippen LogP contribution in [0.2, 0.25) is 0 Å². The van der Waals surface area contributed by atoms with Crippen LogP contribution in [0.4, 0.5) is 0 Å². The van der Waals surface area contributed by atoms with Crippen LogP contribution in [0.25, 0.3) is 0 Å². The van der Waals surface area contributed by atoms with Crippen molar-refractivity contribution in [3.63, 3.8) is 0 Å². The van der Waals surface area contributed by atoms with E-state index in [2.05, 4.69) is 34.9 Å². The van der Waals surface area contributed by atoms with Crippen LogP contribution >= 0.6 is 15.9 Å². The first kappa shape index (κ1) is 14.4. The molecule has 0 spiro atoms. The van der Waals surface area contributed by atoms with E-state index in [4.69, 9.17) is 0 Å². The molecule has 0 aromatic carbocycles. The van der Waals surface area contributed by atoms with Gasteiger partial charge in [-0.1, -0.05) is 20.8 Å². The maximum absolute atomic E-state index is 11.9. The van der Waals surface area contributed by atoms with Crippen LogP contribution in [0.1, 0.15) is 52.8 Å². The van der Waals surface area contributed by atoms with Crippen LogP contribution in [0.3, 0.4) is 0 Å². The van der Waals surface area contributed by atoms with Gasteiger partial charge in [0.2, 0.25) is 0 Å². The molecule has 1 aromatic rings. The third kappa shape index (κ3) is 3.66. The molecule has 0 fully saturated rings. The summed E-state index contributed by atoms with van der Waals surface area (Å²) < 4.78 is 2.97. The fraction of sp³-hybridized carbons (Fsp3) is 0.692. The molecule has 0 N–H and O–H groups in total. The Morgan fingerprint density at radius 3 is 2.53 bits per heavy atom. The van der Waals surface area contributed by atoms with Crippen LogP contribution in [0, 0.1) is 5.41 Å². The summed E-state index contributed by atoms with van der Waals surface area (Å²) in [5.74, 6) is 0.293. The molecule has 1 rings (SSSR count). The van der Waals surface area contributed by atoms with E-state index in [0.717, 1.165) is 16.6 Å². The molecule has 3 nitrogen and oxygen atoms in total. The Labute approximate surface area is 112 Å². The van der Waals surface area contributed by atoms with Gasteiger partial charge >= 0.3 is 0 Å². The highest BCUT2D eigenvalue weighted by Gasteiger charge is 2.22. The molecule has 1 aromatic heterocycles. The lowest BCUT2D eigenvalue weighted by Gasteiger charge is -2.17. The molecule has 0 aliphatic rings. The molecule has 0 saturated heterocycles. The first-order valence-corrected chi connectivity index (χ1v) is 6.78. The Hall–Kier alpha value is -0.640. The van der Waals surface area contributed by atoms with E-state index >= 15 is 0 Å². The topological polar surface area (TPSA) is 34.9 Å². The average Bonchev–Trinajstić information content (AvgIpc) is 2.54. The quantitative estimate of drug-likeness (QED) is 0.848. The minimum absolute atomic E-state index is 0.255. The number of hydrogen-bond acceptors (Lipinski definition) is 2. The van der Waals surface area contributed by atoms with Crippen molar-refractivity contribution in [3.05, 3.63) is 16.4 Å². The number of carbonyl (C=O) groups is 1. The number of aromatic nitrogens is 2. The Bertz CT molecular complexity index is 402. The first-order chi connectivity index (χ1) is 7.73. The highest BCUT2D eigenvalue weighted by Crippen LogP contribution is 2.23. The molecule has 17 heavy (non-hydrogen) atoms. The standard InChI is InChI=1S/C13H21BrN2O/c1-9(2)16-11(10(14)8-15-16)6-7-12(17)13(3,4)5/h8-9H,6-7H2,1-5H3. The Morgan fingerprint density at radius 1 is 1.47 bits per heavy atom. The van der Waals surface area contributed by atoms with E-state index in [0.29, 0.717) is 18.2 Å². The van der Waals surface area contributed by atoms with Crippen LogP contribution in [0.5, 0.6) is 0 Å². The minimum atomic E-state index is -0.255. The van der Waals surface area contributed by atoms with Crippen molar-refractivity contribution < 1.29 is 4.79 Å². The third-order valence-electron chi connectivity index (χ3n) is 2.76. The second-order valence-corrected chi connectivity index (χ2v) is 6.51. The maximum Gasteiger partial charge on any atom is 0.138 e. The fourth-order valence-corrected chi connectivity index (χ4v) is 2.12. The zero-order chi connectivity index (χ0) is 13.2. The summed E-state index contributed by atoms with van der Waals surface area (Å²) in [7, 11) is 0. The van der Waals surface area contributed by atoms with Gasteiger partial charge in [0.25, 0.3) is 0 Å². The summed E-state index contributed by atoms with van der Waals surface area (Å²) in [5, 5.41) is 4.31. The van der Waals surface area contributed by atoms with Crippen molar-refractivity contribution in [3.8, 4) is 0 Å². The van der Waals surface area contributed by atoms with Crippen molar-refractivity contribution in [1.82, 2.24) is 9.78 Å². The molecule has 0 aliphatic heterocycles. The number of rotatable bonds is 4. The molecule has 96 valence electrons. The number of halogens is 1. The van der Waals surface area contributed by atoms with Gasteiger partial charge in [0.1, 0.15) is 5.78 Å². The smallest absolute Gasteiger partial charge is 0.138 e. The van der Waals surface area contributed by atoms with Crippen molar-refractivity contribution in [2.45, 2.75) is 53.5 Å². The maximum atomic E-state index is 11.9. The summed E-state index contributed by atoms with van der Waals surface area (Å²) in [6, 6.07) is 0.320. The Kier molecular flexibility index (Phi) is 4.53. The number of Topliss-reactive ketones (excluding diaryl/α,β-unsaturated/α-hetero) is 1. The summed E-state index contributed by atoms with van der Waals surface area (Å²) >= 11 is 3.49. The van der Waals surface area contributed by atoms with Gasteiger partial charge in [-0.25, -0.2) is 0 Å². The molecule has 4 heteroatoms. The number of hydrogen-bond donors (Lipinski definition) is 0. The number of carbonyl (C=O) groups excluding carboxylic acids is 1. The molecule has 0 saturated carbocycles. The molecule has 0 amide bonds. The largest absolute Gasteiger partial charge is 0.299 e. The highest BCUT2D eigenvalue weighted by molar-refractivity contribution is 9.10. The van der Waals surface area contributed by atoms with E-state index in [1.54, 1.807) is 6.20 Å². The lowest BCUT2D eigenvalue weighted by molar-refractivity contribution is -0.126. The van der Waals surface area contributed by atoms with E-state index in [9.17, 15) is 4.79 Å². The van der Waals surface area contributed by atoms with Crippen LogP contribution < -0.4 is 0 Å². The van der Waals surface area contributed by atoms with Gasteiger partial charge in [-0.3, -0.25) is 9.48 Å². The Morgan fingerprint density at radius 2 is 2.06 bits per heavy atom. The number of nitrogens with zero attached hydrogens (tertiary/aromatic N) is 2. The zero-order valence-corrected chi connectivity index (χ0v) is 12.8. The van der Waals surface area contributed by atoms with Gasteiger partial charge in [0.15, 0.2) is 0 Å². The molecular weight excluding hydrogens is 280 g/mol. The summed E-state index contributed by atoms with van der Waals surface area (Å²) in [5.41, 5.74) is 0.854. The molecule has 0 bridgehead atoms. The third-order valence-corrected chi connectivity index (χ3v) is 3.42. The van der Waals surface area contributed by atoms with Crippen molar-refractivity contribution in [2.75, 3.05) is 0 Å². The van der Waals surface area contributed by atoms with Gasteiger partial charge in [-0.05, 0) is 36.2 Å². The normalized spacial score (nSPS) is 12.2. The molecule has 0 aliphatic carbocycles. The summed E-state index contributed by atoms with van der Waals surface area (Å²) in [4.78, 5) is 11.9. The predicted octanol–water partition coefficient (Wildman–Crippen LogP) is 3.77. The van der Waals surface area contributed by atoms with Gasteiger partial charge in [0.05, 0.1) is 16.4 Å². The lowest BCUT2D eigenvalue weighted by Crippen LogP contribution is -2.21. The van der Waals surface area contributed by atoms with E-state index < -0.39 is 0 Å². The van der Waals surface area contributed by atoms with E-state index in [1.807, 2.05) is 25.5 Å². The Balaban J connectivity index is 2.76.